The predicted octanol–water partition coefficient (Wildman–Crippen LogP) is 7.65. The Morgan fingerprint density at radius 2 is 1.37 bits per heavy atom. The molecule has 4 nitrogen and oxygen atoms in total. The molecule has 30 heavy (non-hydrogen) atoms. The van der Waals surface area contributed by atoms with Gasteiger partial charge in [-0.2, -0.15) is 5.26 Å². The smallest absolute Gasteiger partial charge is 0.339 e. The molecule has 0 radical (unpaired) electrons. The van der Waals surface area contributed by atoms with Crippen molar-refractivity contribution in [3.8, 4) is 6.07 Å². The number of benzene rings is 1. The van der Waals surface area contributed by atoms with E-state index < -0.39 is 12.1 Å². The molecule has 0 spiro atoms. The normalized spacial score (nSPS) is 11.6. The average molecular weight is 415 g/mol. The molecule has 0 amide bonds. The van der Waals surface area contributed by atoms with Crippen LogP contribution in [0, 0.1) is 11.3 Å². The quantitative estimate of drug-likeness (QED) is 0.198. The van der Waals surface area contributed by atoms with E-state index in [1.165, 1.54) is 83.5 Å². The van der Waals surface area contributed by atoms with E-state index in [-0.39, 0.29) is 0 Å². The van der Waals surface area contributed by atoms with Crippen LogP contribution in [-0.4, -0.2) is 18.6 Å². The SMILES string of the molecule is CCCCCCCCCCCCCCCNc1ccc(C(=O)OC(C#N)CC)cc1. The van der Waals surface area contributed by atoms with Crippen LogP contribution in [0.4, 0.5) is 5.69 Å². The van der Waals surface area contributed by atoms with Gasteiger partial charge in [-0.1, -0.05) is 90.9 Å². The molecule has 0 saturated heterocycles. The lowest BCUT2D eigenvalue weighted by atomic mass is 10.0. The standard InChI is InChI=1S/C26H42N2O2/c1-3-5-6-7-8-9-10-11-12-13-14-15-16-21-28-24-19-17-23(18-20-24)26(29)30-25(4-2)22-27/h17-20,25,28H,3-16,21H2,1-2H3. The van der Waals surface area contributed by atoms with Crippen molar-refractivity contribution >= 4 is 11.7 Å². The van der Waals surface area contributed by atoms with Crippen molar-refractivity contribution in [1.82, 2.24) is 0 Å². The van der Waals surface area contributed by atoms with E-state index in [4.69, 9.17) is 10.00 Å². The van der Waals surface area contributed by atoms with Gasteiger partial charge >= 0.3 is 5.97 Å². The van der Waals surface area contributed by atoms with Crippen LogP contribution in [0.3, 0.4) is 0 Å². The Balaban J connectivity index is 2.00. The topological polar surface area (TPSA) is 62.1 Å². The molecule has 1 unspecified atom stereocenters. The van der Waals surface area contributed by atoms with Crippen molar-refractivity contribution in [2.45, 2.75) is 110 Å². The maximum atomic E-state index is 12.0. The number of unbranched alkanes of at least 4 members (excludes halogenated alkanes) is 12. The van der Waals surface area contributed by atoms with Crippen LogP contribution in [-0.2, 0) is 4.74 Å². The highest BCUT2D eigenvalue weighted by molar-refractivity contribution is 5.90. The largest absolute Gasteiger partial charge is 0.443 e. The van der Waals surface area contributed by atoms with E-state index in [2.05, 4.69) is 12.2 Å². The summed E-state index contributed by atoms with van der Waals surface area (Å²) in [6.45, 7) is 5.05. The summed E-state index contributed by atoms with van der Waals surface area (Å²) in [7, 11) is 0. The zero-order valence-corrected chi connectivity index (χ0v) is 19.3. The molecule has 0 fully saturated rings. The molecule has 0 heterocycles. The van der Waals surface area contributed by atoms with Crippen LogP contribution in [0.5, 0.6) is 0 Å². The monoisotopic (exact) mass is 414 g/mol. The lowest BCUT2D eigenvalue weighted by Crippen LogP contribution is -2.15. The summed E-state index contributed by atoms with van der Waals surface area (Å²) in [5.74, 6) is -0.438. The zero-order valence-electron chi connectivity index (χ0n) is 19.3. The summed E-state index contributed by atoms with van der Waals surface area (Å²) in [6, 6.07) is 9.27. The van der Waals surface area contributed by atoms with Crippen molar-refractivity contribution in [3.05, 3.63) is 29.8 Å². The van der Waals surface area contributed by atoms with Gasteiger partial charge in [0.05, 0.1) is 5.56 Å². The second-order valence-electron chi connectivity index (χ2n) is 8.18. The highest BCUT2D eigenvalue weighted by Gasteiger charge is 2.13. The number of esters is 1. The second-order valence-corrected chi connectivity index (χ2v) is 8.18. The number of nitrogens with zero attached hydrogens (tertiary/aromatic N) is 1. The summed E-state index contributed by atoms with van der Waals surface area (Å²) < 4.78 is 5.14. The van der Waals surface area contributed by atoms with E-state index in [9.17, 15) is 4.79 Å². The predicted molar refractivity (Wildman–Crippen MR) is 126 cm³/mol. The van der Waals surface area contributed by atoms with Gasteiger partial charge in [0.1, 0.15) is 6.07 Å². The first-order valence-corrected chi connectivity index (χ1v) is 12.2. The van der Waals surface area contributed by atoms with Crippen LogP contribution in [0.2, 0.25) is 0 Å². The van der Waals surface area contributed by atoms with Crippen molar-refractivity contribution in [2.75, 3.05) is 11.9 Å². The number of hydrogen-bond donors (Lipinski definition) is 1. The van der Waals surface area contributed by atoms with Crippen molar-refractivity contribution < 1.29 is 9.53 Å². The maximum Gasteiger partial charge on any atom is 0.339 e. The Hall–Kier alpha value is -2.02. The van der Waals surface area contributed by atoms with Gasteiger partial charge in [-0.25, -0.2) is 4.79 Å². The van der Waals surface area contributed by atoms with E-state index in [0.717, 1.165) is 12.2 Å². The summed E-state index contributed by atoms with van der Waals surface area (Å²) in [5, 5.41) is 12.3. The van der Waals surface area contributed by atoms with E-state index in [1.807, 2.05) is 25.1 Å². The number of carbonyl (C=O) groups excluding carboxylic acids is 1. The van der Waals surface area contributed by atoms with Crippen LogP contribution >= 0.6 is 0 Å². The summed E-state index contributed by atoms with van der Waals surface area (Å²) in [6.07, 6.45) is 17.5. The number of nitriles is 1. The first-order valence-electron chi connectivity index (χ1n) is 12.2. The molecule has 0 bridgehead atoms. The average Bonchev–Trinajstić information content (AvgIpc) is 2.78. The molecule has 0 aliphatic heterocycles. The molecular weight excluding hydrogens is 372 g/mol. The Labute approximate surface area is 184 Å². The van der Waals surface area contributed by atoms with Gasteiger partial charge < -0.3 is 10.1 Å². The number of hydrogen-bond acceptors (Lipinski definition) is 4. The molecule has 1 aromatic rings. The van der Waals surface area contributed by atoms with Gasteiger partial charge in [-0.05, 0) is 37.1 Å². The molecule has 0 saturated carbocycles. The Morgan fingerprint density at radius 3 is 1.83 bits per heavy atom. The van der Waals surface area contributed by atoms with Crippen molar-refractivity contribution in [2.24, 2.45) is 0 Å². The fourth-order valence-electron chi connectivity index (χ4n) is 3.50. The Bertz CT molecular complexity index is 592. The number of nitrogens with one attached hydrogen (secondary N) is 1. The number of anilines is 1. The van der Waals surface area contributed by atoms with Gasteiger partial charge in [0.2, 0.25) is 0 Å². The number of rotatable bonds is 18. The number of ether oxygens (including phenoxy) is 1. The van der Waals surface area contributed by atoms with E-state index in [1.54, 1.807) is 12.1 Å². The van der Waals surface area contributed by atoms with E-state index in [0.29, 0.717) is 12.0 Å². The van der Waals surface area contributed by atoms with Crippen molar-refractivity contribution in [1.29, 1.82) is 5.26 Å². The summed E-state index contributed by atoms with van der Waals surface area (Å²) >= 11 is 0. The Kier molecular flexibility index (Phi) is 15.4. The highest BCUT2D eigenvalue weighted by Crippen LogP contribution is 2.14. The third-order valence-corrected chi connectivity index (χ3v) is 5.49. The molecule has 1 atom stereocenters. The van der Waals surface area contributed by atoms with Crippen LogP contribution in [0.1, 0.15) is 114 Å². The first kappa shape index (κ1) is 26.0. The molecule has 1 rings (SSSR count). The number of carbonyl (C=O) groups is 1. The molecule has 1 aromatic carbocycles. The van der Waals surface area contributed by atoms with Gasteiger partial charge in [-0.15, -0.1) is 0 Å². The second kappa shape index (κ2) is 17.8. The van der Waals surface area contributed by atoms with Gasteiger partial charge in [0.25, 0.3) is 0 Å². The van der Waals surface area contributed by atoms with Crippen LogP contribution in [0.25, 0.3) is 0 Å². The van der Waals surface area contributed by atoms with Crippen LogP contribution < -0.4 is 5.32 Å². The molecule has 0 aliphatic rings. The molecule has 0 aliphatic carbocycles. The zero-order chi connectivity index (χ0) is 21.9. The molecule has 0 aromatic heterocycles. The lowest BCUT2D eigenvalue weighted by molar-refractivity contribution is 0.0401. The fraction of sp³-hybridized carbons (Fsp3) is 0.692. The molecule has 4 heteroatoms. The highest BCUT2D eigenvalue weighted by atomic mass is 16.5. The lowest BCUT2D eigenvalue weighted by Gasteiger charge is -2.10. The van der Waals surface area contributed by atoms with E-state index >= 15 is 0 Å². The molecular formula is C26H42N2O2. The maximum absolute atomic E-state index is 12.0. The third kappa shape index (κ3) is 12.5. The van der Waals surface area contributed by atoms with Gasteiger partial charge in [0.15, 0.2) is 6.10 Å². The minimum absolute atomic E-state index is 0.438. The fourth-order valence-corrected chi connectivity index (χ4v) is 3.50. The van der Waals surface area contributed by atoms with Gasteiger partial charge in [0, 0.05) is 12.2 Å². The minimum Gasteiger partial charge on any atom is -0.443 e. The molecule has 168 valence electrons. The van der Waals surface area contributed by atoms with Crippen LogP contribution in [0.15, 0.2) is 24.3 Å². The van der Waals surface area contributed by atoms with Crippen molar-refractivity contribution in [3.63, 3.8) is 0 Å². The summed E-state index contributed by atoms with van der Waals surface area (Å²) in [4.78, 5) is 12.0. The molecule has 1 N–H and O–H groups in total. The van der Waals surface area contributed by atoms with Gasteiger partial charge in [-0.3, -0.25) is 0 Å². The summed E-state index contributed by atoms with van der Waals surface area (Å²) in [5.41, 5.74) is 1.49. The minimum atomic E-state index is -0.675. The third-order valence-electron chi connectivity index (χ3n) is 5.49. The first-order chi connectivity index (χ1) is 14.7. The Morgan fingerprint density at radius 1 is 0.867 bits per heavy atom.